The van der Waals surface area contributed by atoms with Gasteiger partial charge in [0.15, 0.2) is 0 Å². The average Bonchev–Trinajstić information content (AvgIpc) is 3.60. The largest absolute Gasteiger partial charge is 0.456 e. The van der Waals surface area contributed by atoms with Crippen LogP contribution in [0.1, 0.15) is 27.8 Å². The molecule has 2 nitrogen and oxygen atoms in total. The number of para-hydroxylation sites is 1. The van der Waals surface area contributed by atoms with Crippen LogP contribution in [0.4, 0.5) is 17.1 Å². The highest BCUT2D eigenvalue weighted by Crippen LogP contribution is 2.44. The molecule has 0 radical (unpaired) electrons. The number of furan rings is 1. The van der Waals surface area contributed by atoms with Crippen LogP contribution in [0.25, 0.3) is 65.7 Å². The second-order valence-corrected chi connectivity index (χ2v) is 15.0. The highest BCUT2D eigenvalue weighted by molar-refractivity contribution is 6.07. The third-order valence-corrected chi connectivity index (χ3v) is 11.6. The minimum atomic E-state index is 0.901. The quantitative estimate of drug-likeness (QED) is 0.177. The van der Waals surface area contributed by atoms with Crippen LogP contribution in [0.5, 0.6) is 0 Å². The van der Waals surface area contributed by atoms with Gasteiger partial charge in [0.05, 0.1) is 5.69 Å². The molecule has 55 heavy (non-hydrogen) atoms. The van der Waals surface area contributed by atoms with E-state index < -0.39 is 0 Å². The lowest BCUT2D eigenvalue weighted by atomic mass is 9.85. The maximum atomic E-state index is 6.14. The molecule has 11 rings (SSSR count). The summed E-state index contributed by atoms with van der Waals surface area (Å²) >= 11 is 0. The number of hydrogen-bond donors (Lipinski definition) is 0. The Hall–Kier alpha value is -6.90. The first-order valence-corrected chi connectivity index (χ1v) is 19.2. The zero-order valence-corrected chi connectivity index (χ0v) is 30.6. The van der Waals surface area contributed by atoms with E-state index in [1.54, 1.807) is 0 Å². The number of rotatable bonds is 5. The van der Waals surface area contributed by atoms with Gasteiger partial charge in [-0.05, 0) is 129 Å². The van der Waals surface area contributed by atoms with E-state index in [0.29, 0.717) is 0 Å². The van der Waals surface area contributed by atoms with E-state index in [-0.39, 0.29) is 0 Å². The molecule has 1 aliphatic rings. The predicted molar refractivity (Wildman–Crippen MR) is 231 cm³/mol. The highest BCUT2D eigenvalue weighted by atomic mass is 16.3. The maximum absolute atomic E-state index is 6.14. The molecule has 2 heteroatoms. The van der Waals surface area contributed by atoms with Gasteiger partial charge in [-0.1, -0.05) is 139 Å². The second-order valence-electron chi connectivity index (χ2n) is 15.0. The van der Waals surface area contributed by atoms with E-state index in [1.165, 1.54) is 77.3 Å². The van der Waals surface area contributed by atoms with E-state index >= 15 is 0 Å². The van der Waals surface area contributed by atoms with E-state index in [9.17, 15) is 0 Å². The molecule has 1 aliphatic carbocycles. The van der Waals surface area contributed by atoms with Crippen LogP contribution in [0.3, 0.4) is 0 Å². The number of fused-ring (bicyclic) bond motifs is 3. The van der Waals surface area contributed by atoms with Gasteiger partial charge in [-0.3, -0.25) is 0 Å². The topological polar surface area (TPSA) is 16.4 Å². The summed E-state index contributed by atoms with van der Waals surface area (Å²) in [6.07, 6.45) is 1.80. The molecule has 0 spiro atoms. The summed E-state index contributed by atoms with van der Waals surface area (Å²) in [5.74, 6) is 0. The Morgan fingerprint density at radius 2 is 0.964 bits per heavy atom. The fourth-order valence-electron chi connectivity index (χ4n) is 9.01. The molecule has 0 N–H and O–H groups in total. The lowest BCUT2D eigenvalue weighted by molar-refractivity contribution is 0.669. The van der Waals surface area contributed by atoms with Crippen molar-refractivity contribution in [3.05, 3.63) is 210 Å². The van der Waals surface area contributed by atoms with Crippen LogP contribution in [0.2, 0.25) is 0 Å². The molecule has 0 atom stereocenters. The molecule has 1 heterocycles. The van der Waals surface area contributed by atoms with Gasteiger partial charge in [-0.15, -0.1) is 0 Å². The van der Waals surface area contributed by atoms with Crippen molar-refractivity contribution in [3.8, 4) is 22.3 Å². The lowest BCUT2D eigenvalue weighted by Crippen LogP contribution is -2.11. The number of hydrogen-bond acceptors (Lipinski definition) is 2. The molecule has 0 amide bonds. The van der Waals surface area contributed by atoms with Crippen molar-refractivity contribution in [2.75, 3.05) is 4.90 Å². The third kappa shape index (κ3) is 5.33. The van der Waals surface area contributed by atoms with Crippen molar-refractivity contribution in [2.24, 2.45) is 0 Å². The smallest absolute Gasteiger partial charge is 0.135 e. The predicted octanol–water partition coefficient (Wildman–Crippen LogP) is 14.5. The van der Waals surface area contributed by atoms with E-state index in [1.807, 2.05) is 12.1 Å². The van der Waals surface area contributed by atoms with Crippen molar-refractivity contribution < 1.29 is 4.42 Å². The molecule has 0 saturated carbocycles. The average molecular weight is 704 g/mol. The molecule has 260 valence electrons. The van der Waals surface area contributed by atoms with Crippen molar-refractivity contribution in [1.29, 1.82) is 0 Å². The first-order chi connectivity index (χ1) is 27.1. The molecule has 9 aromatic carbocycles. The second kappa shape index (κ2) is 12.6. The van der Waals surface area contributed by atoms with Gasteiger partial charge in [-0.2, -0.15) is 0 Å². The third-order valence-electron chi connectivity index (χ3n) is 11.6. The molecular weight excluding hydrogens is 667 g/mol. The lowest BCUT2D eigenvalue weighted by Gasteiger charge is -2.29. The first-order valence-electron chi connectivity index (χ1n) is 19.2. The Kier molecular flexibility index (Phi) is 7.25. The summed E-state index contributed by atoms with van der Waals surface area (Å²) in [4.78, 5) is 2.44. The normalized spacial score (nSPS) is 12.3. The van der Waals surface area contributed by atoms with Gasteiger partial charge in [-0.25, -0.2) is 0 Å². The van der Waals surface area contributed by atoms with Crippen molar-refractivity contribution in [1.82, 2.24) is 0 Å². The van der Waals surface area contributed by atoms with E-state index in [0.717, 1.165) is 46.2 Å². The maximum Gasteiger partial charge on any atom is 0.135 e. The number of aryl methyl sites for hydroxylation is 1. The molecule has 0 bridgehead atoms. The Labute approximate surface area is 320 Å². The minimum absolute atomic E-state index is 0.901. The van der Waals surface area contributed by atoms with Crippen LogP contribution in [0.15, 0.2) is 186 Å². The molecular formula is C53H37NO. The molecule has 0 fully saturated rings. The van der Waals surface area contributed by atoms with Gasteiger partial charge < -0.3 is 9.32 Å². The first kappa shape index (κ1) is 31.6. The summed E-state index contributed by atoms with van der Waals surface area (Å²) < 4.78 is 6.14. The van der Waals surface area contributed by atoms with Crippen LogP contribution >= 0.6 is 0 Å². The van der Waals surface area contributed by atoms with Gasteiger partial charge >= 0.3 is 0 Å². The van der Waals surface area contributed by atoms with Crippen molar-refractivity contribution in [2.45, 2.75) is 19.8 Å². The SMILES string of the molecule is Cc1cccc(-c2ccc(N(c3ccc(-c4ccc5oc6ccccc6c5c4)cc3)c3ccc4c5c(cccc35)Cc3cccc5cccc(c35)C4)cc2)c1. The Bertz CT molecular complexity index is 3050. The monoisotopic (exact) mass is 703 g/mol. The van der Waals surface area contributed by atoms with Gasteiger partial charge in [0.2, 0.25) is 0 Å². The summed E-state index contributed by atoms with van der Waals surface area (Å²) in [6.45, 7) is 2.15. The number of benzene rings is 9. The van der Waals surface area contributed by atoms with E-state index in [2.05, 4.69) is 182 Å². The Morgan fingerprint density at radius 1 is 0.400 bits per heavy atom. The summed E-state index contributed by atoms with van der Waals surface area (Å²) in [5.41, 5.74) is 16.8. The molecule has 0 unspecified atom stereocenters. The summed E-state index contributed by atoms with van der Waals surface area (Å²) in [7, 11) is 0. The summed E-state index contributed by atoms with van der Waals surface area (Å²) in [6, 6.07) is 66.8. The van der Waals surface area contributed by atoms with Crippen molar-refractivity contribution >= 4 is 60.5 Å². The standard InChI is InChI=1S/C53H37NO/c1-34-8-4-11-38(30-34)35-18-24-44(25-19-35)54(45-26-20-36(21-27-45)39-23-29-51-48(33-39)46-15-2-3-17-50(46)55-51)49-28-22-43-32-41-13-6-10-37-9-5-12-40(52(37)41)31-42-14-7-16-47(49)53(42)43/h2-30,33H,31-32H2,1H3. The fourth-order valence-corrected chi connectivity index (χ4v) is 9.01. The zero-order chi connectivity index (χ0) is 36.5. The van der Waals surface area contributed by atoms with Gasteiger partial charge in [0.1, 0.15) is 11.2 Å². The Morgan fingerprint density at radius 3 is 1.67 bits per heavy atom. The molecule has 0 saturated heterocycles. The molecule has 0 aliphatic heterocycles. The van der Waals surface area contributed by atoms with Crippen molar-refractivity contribution in [3.63, 3.8) is 0 Å². The van der Waals surface area contributed by atoms with Gasteiger partial charge in [0.25, 0.3) is 0 Å². The fraction of sp³-hybridized carbons (Fsp3) is 0.0566. The van der Waals surface area contributed by atoms with Crippen LogP contribution in [0, 0.1) is 6.92 Å². The number of anilines is 3. The van der Waals surface area contributed by atoms with Crippen LogP contribution in [-0.4, -0.2) is 0 Å². The minimum Gasteiger partial charge on any atom is -0.456 e. The number of nitrogens with zero attached hydrogens (tertiary/aromatic N) is 1. The molecule has 10 aromatic rings. The van der Waals surface area contributed by atoms with Crippen LogP contribution < -0.4 is 4.90 Å². The summed E-state index contributed by atoms with van der Waals surface area (Å²) in [5, 5.41) is 7.65. The zero-order valence-electron chi connectivity index (χ0n) is 30.6. The highest BCUT2D eigenvalue weighted by Gasteiger charge is 2.22. The molecule has 1 aromatic heterocycles. The van der Waals surface area contributed by atoms with E-state index in [4.69, 9.17) is 4.42 Å². The van der Waals surface area contributed by atoms with Crippen LogP contribution in [-0.2, 0) is 12.8 Å². The van der Waals surface area contributed by atoms with Gasteiger partial charge in [0, 0.05) is 27.5 Å². The Balaban J connectivity index is 1.06.